The number of ether oxygens (including phenoxy) is 1. The monoisotopic (exact) mass is 320 g/mol. The second-order valence-corrected chi connectivity index (χ2v) is 7.41. The molecule has 0 radical (unpaired) electrons. The van der Waals surface area contributed by atoms with Gasteiger partial charge in [-0.15, -0.1) is 0 Å². The van der Waals surface area contributed by atoms with Gasteiger partial charge in [0.15, 0.2) is 3.79 Å². The summed E-state index contributed by atoms with van der Waals surface area (Å²) in [4.78, 5) is 10.9. The van der Waals surface area contributed by atoms with Crippen molar-refractivity contribution in [2.45, 2.75) is 20.4 Å². The minimum atomic E-state index is -1.66. The molecule has 0 aliphatic heterocycles. The number of hydrogen-bond acceptors (Lipinski definition) is 2. The van der Waals surface area contributed by atoms with Crippen LogP contribution in [0.4, 0.5) is 0 Å². The van der Waals surface area contributed by atoms with Crippen LogP contribution in [0, 0.1) is 0 Å². The molecule has 84 valence electrons. The van der Waals surface area contributed by atoms with E-state index in [-0.39, 0.29) is 19.4 Å². The number of hydrogen-bond donors (Lipinski definition) is 0. The summed E-state index contributed by atoms with van der Waals surface area (Å²) in [6.45, 7) is -0.0317. The van der Waals surface area contributed by atoms with Gasteiger partial charge in [0, 0.05) is 6.42 Å². The second-order valence-electron chi connectivity index (χ2n) is 2.38. The summed E-state index contributed by atoms with van der Waals surface area (Å²) in [6.07, 6.45) is -0.249. The van der Waals surface area contributed by atoms with Crippen molar-refractivity contribution in [3.05, 3.63) is 0 Å². The molecule has 0 aliphatic carbocycles. The van der Waals surface area contributed by atoms with Crippen molar-refractivity contribution in [3.8, 4) is 0 Å². The Hall–Kier alpha value is 1.21. The van der Waals surface area contributed by atoms with Gasteiger partial charge in [0.1, 0.15) is 0 Å². The third kappa shape index (κ3) is 11.3. The highest BCUT2D eigenvalue weighted by Gasteiger charge is 2.26. The Morgan fingerprint density at radius 1 is 1.00 bits per heavy atom. The van der Waals surface area contributed by atoms with Gasteiger partial charge in [-0.25, -0.2) is 0 Å². The predicted octanol–water partition coefficient (Wildman–Crippen LogP) is 4.05. The number of carbonyl (C=O) groups is 1. The Labute approximate surface area is 112 Å². The van der Waals surface area contributed by atoms with Crippen LogP contribution < -0.4 is 0 Å². The molecule has 0 unspecified atom stereocenters. The summed E-state index contributed by atoms with van der Waals surface area (Å²) in [5.74, 6) is -0.653. The van der Waals surface area contributed by atoms with E-state index in [2.05, 4.69) is 4.74 Å². The van der Waals surface area contributed by atoms with Crippen molar-refractivity contribution in [2.75, 3.05) is 6.61 Å². The summed E-state index contributed by atoms with van der Waals surface area (Å²) in [7, 11) is 0. The van der Waals surface area contributed by atoms with Gasteiger partial charge >= 0.3 is 5.97 Å². The van der Waals surface area contributed by atoms with Gasteiger partial charge in [0.05, 0.1) is 13.0 Å². The summed E-state index contributed by atoms with van der Waals surface area (Å²) < 4.78 is 1.55. The third-order valence-electron chi connectivity index (χ3n) is 0.993. The average Bonchev–Trinajstić information content (AvgIpc) is 1.78. The Balaban J connectivity index is 3.66. The Bertz CT molecular complexity index is 193. The number of alkyl halides is 6. The molecule has 0 fully saturated rings. The van der Waals surface area contributed by atoms with Crippen LogP contribution in [0.1, 0.15) is 12.8 Å². The molecule has 2 nitrogen and oxygen atoms in total. The first-order chi connectivity index (χ1) is 6.10. The van der Waals surface area contributed by atoms with Crippen LogP contribution in [0.2, 0.25) is 0 Å². The largest absolute Gasteiger partial charge is 0.465 e. The molecule has 0 spiro atoms. The van der Waals surface area contributed by atoms with Crippen LogP contribution in [0.15, 0.2) is 0 Å². The van der Waals surface area contributed by atoms with E-state index in [1.165, 1.54) is 0 Å². The minimum Gasteiger partial charge on any atom is -0.465 e. The molecule has 0 aromatic rings. The fraction of sp³-hybridized carbons (Fsp3) is 0.833. The lowest BCUT2D eigenvalue weighted by Crippen LogP contribution is -2.17. The fourth-order valence-corrected chi connectivity index (χ4v) is 1.05. The number of rotatable bonds is 3. The van der Waals surface area contributed by atoms with E-state index >= 15 is 0 Å². The quantitative estimate of drug-likeness (QED) is 0.579. The molecule has 0 N–H and O–H groups in total. The number of esters is 1. The van der Waals surface area contributed by atoms with Gasteiger partial charge in [-0.1, -0.05) is 69.6 Å². The van der Waals surface area contributed by atoms with E-state index in [0.717, 1.165) is 0 Å². The molecule has 14 heavy (non-hydrogen) atoms. The summed E-state index contributed by atoms with van der Waals surface area (Å²) >= 11 is 32.3. The maximum absolute atomic E-state index is 10.9. The highest BCUT2D eigenvalue weighted by atomic mass is 35.6. The SMILES string of the molecule is O=C(CC(Cl)(Cl)Cl)OCCC(Cl)(Cl)Cl. The van der Waals surface area contributed by atoms with Crippen molar-refractivity contribution in [1.82, 2.24) is 0 Å². The molecule has 0 bridgehead atoms. The molecule has 8 heteroatoms. The molecule has 0 aromatic heterocycles. The van der Waals surface area contributed by atoms with Crippen LogP contribution in [0.25, 0.3) is 0 Å². The van der Waals surface area contributed by atoms with Crippen LogP contribution in [-0.4, -0.2) is 20.2 Å². The third-order valence-corrected chi connectivity index (χ3v) is 1.96. The maximum atomic E-state index is 10.9. The first-order valence-electron chi connectivity index (χ1n) is 3.39. The lowest BCUT2D eigenvalue weighted by molar-refractivity contribution is -0.143. The van der Waals surface area contributed by atoms with E-state index in [1.54, 1.807) is 0 Å². The van der Waals surface area contributed by atoms with E-state index in [4.69, 9.17) is 69.6 Å². The molecular formula is C6H6Cl6O2. The molecule has 0 aromatic carbocycles. The fourth-order valence-electron chi connectivity index (χ4n) is 0.495. The predicted molar refractivity (Wildman–Crippen MR) is 60.8 cm³/mol. The molecule has 0 aliphatic rings. The van der Waals surface area contributed by atoms with Crippen molar-refractivity contribution in [1.29, 1.82) is 0 Å². The van der Waals surface area contributed by atoms with Crippen molar-refractivity contribution in [2.24, 2.45) is 0 Å². The molecule has 0 saturated heterocycles. The Kier molecular flexibility index (Phi) is 6.60. The Morgan fingerprint density at radius 2 is 1.50 bits per heavy atom. The van der Waals surface area contributed by atoms with Crippen LogP contribution in [0.5, 0.6) is 0 Å². The van der Waals surface area contributed by atoms with Gasteiger partial charge in [-0.05, 0) is 0 Å². The minimum absolute atomic E-state index is 0.0317. The zero-order valence-corrected chi connectivity index (χ0v) is 11.2. The van der Waals surface area contributed by atoms with E-state index in [1.807, 2.05) is 0 Å². The van der Waals surface area contributed by atoms with Crippen LogP contribution in [-0.2, 0) is 9.53 Å². The standard InChI is InChI=1S/C6H6Cl6O2/c7-5(8,9)1-2-14-4(13)3-6(10,11)12/h1-3H2. The summed E-state index contributed by atoms with van der Waals surface area (Å²) in [5, 5.41) is 0. The molecular weight excluding hydrogens is 317 g/mol. The smallest absolute Gasteiger partial charge is 0.310 e. The summed E-state index contributed by atoms with van der Waals surface area (Å²) in [6, 6.07) is 0. The lowest BCUT2D eigenvalue weighted by atomic mass is 10.4. The van der Waals surface area contributed by atoms with Gasteiger partial charge < -0.3 is 4.74 Å². The van der Waals surface area contributed by atoms with E-state index in [0.29, 0.717) is 0 Å². The zero-order valence-electron chi connectivity index (χ0n) is 6.71. The van der Waals surface area contributed by atoms with Crippen LogP contribution in [0.3, 0.4) is 0 Å². The topological polar surface area (TPSA) is 26.3 Å². The second kappa shape index (κ2) is 6.07. The van der Waals surface area contributed by atoms with Crippen molar-refractivity contribution < 1.29 is 9.53 Å². The molecule has 0 atom stereocenters. The first-order valence-corrected chi connectivity index (χ1v) is 5.66. The zero-order chi connectivity index (χ0) is 11.4. The van der Waals surface area contributed by atoms with E-state index < -0.39 is 13.6 Å². The molecule has 0 saturated carbocycles. The van der Waals surface area contributed by atoms with Crippen molar-refractivity contribution in [3.63, 3.8) is 0 Å². The van der Waals surface area contributed by atoms with Gasteiger partial charge in [-0.3, -0.25) is 4.79 Å². The molecule has 0 rings (SSSR count). The number of halogens is 6. The summed E-state index contributed by atoms with van der Waals surface area (Å²) in [5.41, 5.74) is 0. The highest BCUT2D eigenvalue weighted by molar-refractivity contribution is 6.68. The highest BCUT2D eigenvalue weighted by Crippen LogP contribution is 2.31. The lowest BCUT2D eigenvalue weighted by Gasteiger charge is -2.12. The van der Waals surface area contributed by atoms with Gasteiger partial charge in [-0.2, -0.15) is 0 Å². The first kappa shape index (κ1) is 15.2. The molecule has 0 heterocycles. The molecule has 0 amide bonds. The average molecular weight is 323 g/mol. The Morgan fingerprint density at radius 3 is 1.86 bits per heavy atom. The normalized spacial score (nSPS) is 12.7. The number of carbonyl (C=O) groups excluding carboxylic acids is 1. The van der Waals surface area contributed by atoms with Gasteiger partial charge in [0.2, 0.25) is 3.79 Å². The van der Waals surface area contributed by atoms with Gasteiger partial charge in [0.25, 0.3) is 0 Å². The maximum Gasteiger partial charge on any atom is 0.310 e. The van der Waals surface area contributed by atoms with Crippen LogP contribution >= 0.6 is 69.6 Å². The van der Waals surface area contributed by atoms with Crippen molar-refractivity contribution >= 4 is 75.6 Å². The van der Waals surface area contributed by atoms with E-state index in [9.17, 15) is 4.79 Å².